The van der Waals surface area contributed by atoms with Gasteiger partial charge in [0.15, 0.2) is 0 Å². The molecule has 0 bridgehead atoms. The molecule has 1 amide bonds. The molecule has 0 atom stereocenters. The monoisotopic (exact) mass is 331 g/mol. The fraction of sp³-hybridized carbons (Fsp3) is 0.632. The van der Waals surface area contributed by atoms with Crippen LogP contribution in [0.25, 0.3) is 0 Å². The Hall–Kier alpha value is -1.59. The average Bonchev–Trinajstić information content (AvgIpc) is 3.23. The van der Waals surface area contributed by atoms with E-state index < -0.39 is 0 Å². The lowest BCUT2D eigenvalue weighted by atomic mass is 10.2. The SMILES string of the molecule is Cc1cc(NC(=O)CNCC2CC2)ccc1OCCN1CCCC1. The number of carbonyl (C=O) groups excluding carboxylic acids is 1. The summed E-state index contributed by atoms with van der Waals surface area (Å²) < 4.78 is 5.89. The molecule has 3 rings (SSSR count). The van der Waals surface area contributed by atoms with Gasteiger partial charge in [-0.3, -0.25) is 9.69 Å². The van der Waals surface area contributed by atoms with Gasteiger partial charge in [0.25, 0.3) is 0 Å². The molecule has 2 aliphatic rings. The molecule has 0 unspecified atom stereocenters. The van der Waals surface area contributed by atoms with Gasteiger partial charge in [0.2, 0.25) is 5.91 Å². The third-order valence-electron chi connectivity index (χ3n) is 4.74. The zero-order valence-corrected chi connectivity index (χ0v) is 14.6. The van der Waals surface area contributed by atoms with Gasteiger partial charge in [-0.05, 0) is 81.9 Å². The summed E-state index contributed by atoms with van der Waals surface area (Å²) in [7, 11) is 0. The summed E-state index contributed by atoms with van der Waals surface area (Å²) in [6, 6.07) is 5.84. The Morgan fingerprint density at radius 2 is 2.08 bits per heavy atom. The van der Waals surface area contributed by atoms with Crippen LogP contribution in [0.15, 0.2) is 18.2 Å². The van der Waals surface area contributed by atoms with E-state index in [1.165, 1.54) is 38.8 Å². The summed E-state index contributed by atoms with van der Waals surface area (Å²) in [5, 5.41) is 6.15. The Morgan fingerprint density at radius 3 is 2.79 bits per heavy atom. The number of ether oxygens (including phenoxy) is 1. The molecular formula is C19H29N3O2. The molecule has 2 fully saturated rings. The van der Waals surface area contributed by atoms with E-state index in [1.54, 1.807) is 0 Å². The molecule has 1 aliphatic heterocycles. The first-order valence-corrected chi connectivity index (χ1v) is 9.17. The second kappa shape index (κ2) is 8.49. The summed E-state index contributed by atoms with van der Waals surface area (Å²) in [6.07, 6.45) is 5.21. The molecule has 5 nitrogen and oxygen atoms in total. The fourth-order valence-electron chi connectivity index (χ4n) is 3.10. The maximum absolute atomic E-state index is 11.9. The van der Waals surface area contributed by atoms with Crippen LogP contribution in [0.2, 0.25) is 0 Å². The number of nitrogens with one attached hydrogen (secondary N) is 2. The number of benzene rings is 1. The third-order valence-corrected chi connectivity index (χ3v) is 4.74. The quantitative estimate of drug-likeness (QED) is 0.730. The third kappa shape index (κ3) is 5.49. The lowest BCUT2D eigenvalue weighted by Gasteiger charge is -2.16. The van der Waals surface area contributed by atoms with Crippen LogP contribution in [0.3, 0.4) is 0 Å². The molecule has 2 N–H and O–H groups in total. The maximum atomic E-state index is 11.9. The highest BCUT2D eigenvalue weighted by Gasteiger charge is 2.20. The van der Waals surface area contributed by atoms with Crippen molar-refractivity contribution in [3.63, 3.8) is 0 Å². The average molecular weight is 331 g/mol. The first-order chi connectivity index (χ1) is 11.7. The number of hydrogen-bond acceptors (Lipinski definition) is 4. The van der Waals surface area contributed by atoms with Crippen molar-refractivity contribution in [2.45, 2.75) is 32.6 Å². The molecule has 1 aromatic carbocycles. The van der Waals surface area contributed by atoms with Crippen molar-refractivity contribution in [2.24, 2.45) is 5.92 Å². The summed E-state index contributed by atoms with van der Waals surface area (Å²) in [5.74, 6) is 1.70. The molecule has 1 aliphatic carbocycles. The van der Waals surface area contributed by atoms with Crippen LogP contribution in [-0.4, -0.2) is 50.1 Å². The smallest absolute Gasteiger partial charge is 0.238 e. The number of rotatable bonds is 9. The molecule has 1 heterocycles. The van der Waals surface area contributed by atoms with Crippen molar-refractivity contribution in [1.29, 1.82) is 0 Å². The van der Waals surface area contributed by atoms with Gasteiger partial charge in [0, 0.05) is 12.2 Å². The Bertz CT molecular complexity index is 552. The molecular weight excluding hydrogens is 302 g/mol. The van der Waals surface area contributed by atoms with Crippen molar-refractivity contribution < 1.29 is 9.53 Å². The van der Waals surface area contributed by atoms with Crippen LogP contribution in [-0.2, 0) is 4.79 Å². The number of hydrogen-bond donors (Lipinski definition) is 2. The molecule has 0 aromatic heterocycles. The predicted molar refractivity (Wildman–Crippen MR) is 96.6 cm³/mol. The van der Waals surface area contributed by atoms with E-state index in [1.807, 2.05) is 25.1 Å². The summed E-state index contributed by atoms with van der Waals surface area (Å²) in [4.78, 5) is 14.4. The second-order valence-electron chi connectivity index (χ2n) is 7.00. The van der Waals surface area contributed by atoms with E-state index in [-0.39, 0.29) is 5.91 Å². The van der Waals surface area contributed by atoms with E-state index in [0.717, 1.165) is 42.6 Å². The number of amides is 1. The number of aryl methyl sites for hydroxylation is 1. The lowest BCUT2D eigenvalue weighted by molar-refractivity contribution is -0.115. The fourth-order valence-corrected chi connectivity index (χ4v) is 3.10. The lowest BCUT2D eigenvalue weighted by Crippen LogP contribution is -2.29. The molecule has 24 heavy (non-hydrogen) atoms. The van der Waals surface area contributed by atoms with Crippen molar-refractivity contribution in [1.82, 2.24) is 10.2 Å². The number of anilines is 1. The molecule has 1 saturated heterocycles. The van der Waals surface area contributed by atoms with Crippen LogP contribution >= 0.6 is 0 Å². The van der Waals surface area contributed by atoms with Crippen molar-refractivity contribution in [3.8, 4) is 5.75 Å². The zero-order valence-electron chi connectivity index (χ0n) is 14.6. The second-order valence-corrected chi connectivity index (χ2v) is 7.00. The van der Waals surface area contributed by atoms with Gasteiger partial charge >= 0.3 is 0 Å². The van der Waals surface area contributed by atoms with Gasteiger partial charge in [-0.15, -0.1) is 0 Å². The van der Waals surface area contributed by atoms with Crippen molar-refractivity contribution in [3.05, 3.63) is 23.8 Å². The van der Waals surface area contributed by atoms with Gasteiger partial charge in [0.1, 0.15) is 12.4 Å². The molecule has 5 heteroatoms. The zero-order chi connectivity index (χ0) is 16.8. The summed E-state index contributed by atoms with van der Waals surface area (Å²) in [5.41, 5.74) is 1.89. The van der Waals surface area contributed by atoms with Gasteiger partial charge in [-0.2, -0.15) is 0 Å². The highest BCUT2D eigenvalue weighted by molar-refractivity contribution is 5.92. The van der Waals surface area contributed by atoms with Crippen LogP contribution < -0.4 is 15.4 Å². The van der Waals surface area contributed by atoms with Crippen LogP contribution in [0.1, 0.15) is 31.2 Å². The molecule has 0 radical (unpaired) electrons. The number of likely N-dealkylation sites (tertiary alicyclic amines) is 1. The van der Waals surface area contributed by atoms with Gasteiger partial charge < -0.3 is 15.4 Å². The standard InChI is InChI=1S/C19H29N3O2/c1-15-12-17(21-19(23)14-20-13-16-4-5-16)6-7-18(15)24-11-10-22-8-2-3-9-22/h6-7,12,16,20H,2-5,8-11,13-14H2,1H3,(H,21,23). The summed E-state index contributed by atoms with van der Waals surface area (Å²) >= 11 is 0. The minimum absolute atomic E-state index is 0.0118. The number of carbonyl (C=O) groups is 1. The molecule has 0 spiro atoms. The highest BCUT2D eigenvalue weighted by atomic mass is 16.5. The number of nitrogens with zero attached hydrogens (tertiary/aromatic N) is 1. The minimum atomic E-state index is 0.0118. The predicted octanol–water partition coefficient (Wildman–Crippen LogP) is 2.41. The Morgan fingerprint density at radius 1 is 1.29 bits per heavy atom. The van der Waals surface area contributed by atoms with Crippen LogP contribution in [0.4, 0.5) is 5.69 Å². The van der Waals surface area contributed by atoms with Crippen LogP contribution in [0, 0.1) is 12.8 Å². The Labute approximate surface area is 144 Å². The van der Waals surface area contributed by atoms with Gasteiger partial charge in [0.05, 0.1) is 6.54 Å². The van der Waals surface area contributed by atoms with E-state index in [0.29, 0.717) is 6.54 Å². The van der Waals surface area contributed by atoms with Gasteiger partial charge in [-0.25, -0.2) is 0 Å². The summed E-state index contributed by atoms with van der Waals surface area (Å²) in [6.45, 7) is 7.46. The Kier molecular flexibility index (Phi) is 6.10. The van der Waals surface area contributed by atoms with Crippen molar-refractivity contribution >= 4 is 11.6 Å². The van der Waals surface area contributed by atoms with E-state index in [4.69, 9.17) is 4.74 Å². The molecule has 1 saturated carbocycles. The van der Waals surface area contributed by atoms with Crippen molar-refractivity contribution in [2.75, 3.05) is 44.6 Å². The first kappa shape index (κ1) is 17.2. The van der Waals surface area contributed by atoms with Gasteiger partial charge in [-0.1, -0.05) is 0 Å². The molecule has 132 valence electrons. The maximum Gasteiger partial charge on any atom is 0.238 e. The Balaban J connectivity index is 1.40. The van der Waals surface area contributed by atoms with E-state index in [2.05, 4.69) is 15.5 Å². The molecule has 1 aromatic rings. The van der Waals surface area contributed by atoms with E-state index in [9.17, 15) is 4.79 Å². The van der Waals surface area contributed by atoms with Crippen LogP contribution in [0.5, 0.6) is 5.75 Å². The normalized spacial score (nSPS) is 17.9. The van der Waals surface area contributed by atoms with E-state index >= 15 is 0 Å². The largest absolute Gasteiger partial charge is 0.492 e. The first-order valence-electron chi connectivity index (χ1n) is 9.17. The topological polar surface area (TPSA) is 53.6 Å². The highest BCUT2D eigenvalue weighted by Crippen LogP contribution is 2.27. The minimum Gasteiger partial charge on any atom is -0.492 e.